The molecule has 1 aliphatic heterocycles. The molecule has 1 saturated heterocycles. The fraction of sp³-hybridized carbons (Fsp3) is 0.909. The fourth-order valence-electron chi connectivity index (χ4n) is 1.82. The molecule has 1 amide bonds. The summed E-state index contributed by atoms with van der Waals surface area (Å²) in [4.78, 5) is 13.0. The zero-order valence-electron chi connectivity index (χ0n) is 10.8. The number of nitrogens with one attached hydrogen (secondary N) is 1. The SMILES string of the molecule is CC(C)(C)OC(=O)N1CCC[C@H](NC(F)(F)F)C1. The van der Waals surface area contributed by atoms with Crippen molar-refractivity contribution in [3.63, 3.8) is 0 Å². The minimum atomic E-state index is -4.42. The fourth-order valence-corrected chi connectivity index (χ4v) is 1.82. The number of rotatable bonds is 1. The van der Waals surface area contributed by atoms with E-state index in [0.29, 0.717) is 19.4 Å². The van der Waals surface area contributed by atoms with Gasteiger partial charge in [-0.3, -0.25) is 0 Å². The summed E-state index contributed by atoms with van der Waals surface area (Å²) in [5.41, 5.74) is -0.637. The number of ether oxygens (including phenoxy) is 1. The van der Waals surface area contributed by atoms with E-state index in [1.165, 1.54) is 4.90 Å². The van der Waals surface area contributed by atoms with Crippen LogP contribution < -0.4 is 5.32 Å². The number of piperidine rings is 1. The van der Waals surface area contributed by atoms with Gasteiger partial charge in [0.1, 0.15) is 5.60 Å². The van der Waals surface area contributed by atoms with Crippen molar-refractivity contribution in [3.05, 3.63) is 0 Å². The van der Waals surface area contributed by atoms with Crippen molar-refractivity contribution in [2.24, 2.45) is 0 Å². The standard InChI is InChI=1S/C11H19F3N2O2/c1-10(2,3)18-9(17)16-6-4-5-8(7-16)15-11(12,13)14/h8,15H,4-7H2,1-3H3/t8-/m0/s1. The highest BCUT2D eigenvalue weighted by Gasteiger charge is 2.35. The Morgan fingerprint density at radius 2 is 1.94 bits per heavy atom. The molecule has 0 spiro atoms. The molecule has 4 nitrogen and oxygen atoms in total. The first-order valence-corrected chi connectivity index (χ1v) is 5.89. The summed E-state index contributed by atoms with van der Waals surface area (Å²) in [5, 5.41) is 1.56. The molecule has 0 unspecified atom stereocenters. The van der Waals surface area contributed by atoms with E-state index >= 15 is 0 Å². The monoisotopic (exact) mass is 268 g/mol. The van der Waals surface area contributed by atoms with E-state index in [0.717, 1.165) is 0 Å². The van der Waals surface area contributed by atoms with Gasteiger partial charge in [0.05, 0.1) is 0 Å². The van der Waals surface area contributed by atoms with Gasteiger partial charge in [-0.25, -0.2) is 10.1 Å². The minimum Gasteiger partial charge on any atom is -0.444 e. The molecule has 0 saturated carbocycles. The average Bonchev–Trinajstić information content (AvgIpc) is 2.12. The second-order valence-electron chi connectivity index (χ2n) is 5.41. The van der Waals surface area contributed by atoms with Gasteiger partial charge in [-0.05, 0) is 33.6 Å². The molecular weight excluding hydrogens is 249 g/mol. The summed E-state index contributed by atoms with van der Waals surface area (Å²) < 4.78 is 41.7. The Labute approximate surface area is 104 Å². The zero-order valence-corrected chi connectivity index (χ0v) is 10.8. The normalized spacial score (nSPS) is 21.9. The molecule has 0 aromatic rings. The Hall–Kier alpha value is -0.980. The van der Waals surface area contributed by atoms with E-state index in [2.05, 4.69) is 0 Å². The van der Waals surface area contributed by atoms with Crippen molar-refractivity contribution in [2.45, 2.75) is 51.6 Å². The molecule has 1 N–H and O–H groups in total. The molecule has 18 heavy (non-hydrogen) atoms. The topological polar surface area (TPSA) is 41.6 Å². The highest BCUT2D eigenvalue weighted by molar-refractivity contribution is 5.68. The van der Waals surface area contributed by atoms with Crippen molar-refractivity contribution >= 4 is 6.09 Å². The molecule has 1 aliphatic rings. The van der Waals surface area contributed by atoms with Crippen LogP contribution in [0.2, 0.25) is 0 Å². The summed E-state index contributed by atoms with van der Waals surface area (Å²) in [5.74, 6) is 0. The largest absolute Gasteiger partial charge is 0.457 e. The summed E-state index contributed by atoms with van der Waals surface area (Å²) >= 11 is 0. The lowest BCUT2D eigenvalue weighted by Crippen LogP contribution is -2.52. The van der Waals surface area contributed by atoms with Crippen LogP contribution in [-0.2, 0) is 4.74 Å². The quantitative estimate of drug-likeness (QED) is 0.743. The number of amides is 1. The first-order valence-electron chi connectivity index (χ1n) is 5.89. The number of likely N-dealkylation sites (tertiary alicyclic amines) is 1. The smallest absolute Gasteiger partial charge is 0.444 e. The first-order chi connectivity index (χ1) is 8.07. The lowest BCUT2D eigenvalue weighted by atomic mass is 10.1. The first kappa shape index (κ1) is 15.1. The van der Waals surface area contributed by atoms with Gasteiger partial charge in [-0.15, -0.1) is 0 Å². The number of nitrogens with zero attached hydrogens (tertiary/aromatic N) is 1. The molecule has 0 aromatic carbocycles. The molecule has 0 aromatic heterocycles. The lowest BCUT2D eigenvalue weighted by Gasteiger charge is -2.34. The van der Waals surface area contributed by atoms with Gasteiger partial charge in [-0.1, -0.05) is 0 Å². The van der Waals surface area contributed by atoms with Crippen molar-refractivity contribution in [2.75, 3.05) is 13.1 Å². The van der Waals surface area contributed by atoms with Crippen LogP contribution in [0.3, 0.4) is 0 Å². The van der Waals surface area contributed by atoms with Gasteiger partial charge in [0.15, 0.2) is 0 Å². The molecule has 1 fully saturated rings. The molecule has 0 aliphatic carbocycles. The van der Waals surface area contributed by atoms with Crippen LogP contribution in [0.5, 0.6) is 0 Å². The van der Waals surface area contributed by atoms with E-state index in [-0.39, 0.29) is 6.54 Å². The van der Waals surface area contributed by atoms with Gasteiger partial charge >= 0.3 is 12.4 Å². The van der Waals surface area contributed by atoms with Gasteiger partial charge in [0, 0.05) is 19.1 Å². The van der Waals surface area contributed by atoms with Crippen molar-refractivity contribution < 1.29 is 22.7 Å². The molecule has 1 heterocycles. The van der Waals surface area contributed by atoms with Crippen molar-refractivity contribution in [3.8, 4) is 0 Å². The maximum absolute atomic E-state index is 12.2. The zero-order chi connectivity index (χ0) is 14.0. The predicted molar refractivity (Wildman–Crippen MR) is 60.0 cm³/mol. The number of hydrogen-bond donors (Lipinski definition) is 1. The highest BCUT2D eigenvalue weighted by Crippen LogP contribution is 2.19. The number of halogens is 3. The van der Waals surface area contributed by atoms with Crippen molar-refractivity contribution in [1.29, 1.82) is 0 Å². The molecule has 106 valence electrons. The van der Waals surface area contributed by atoms with Gasteiger partial charge < -0.3 is 9.64 Å². The van der Waals surface area contributed by atoms with E-state index < -0.39 is 24.0 Å². The second-order valence-corrected chi connectivity index (χ2v) is 5.41. The summed E-state index contributed by atoms with van der Waals surface area (Å²) in [6.07, 6.45) is -4.04. The lowest BCUT2D eigenvalue weighted by molar-refractivity contribution is -0.166. The molecule has 0 radical (unpaired) electrons. The van der Waals surface area contributed by atoms with Crippen LogP contribution in [0, 0.1) is 0 Å². The Bertz CT molecular complexity index is 300. The van der Waals surface area contributed by atoms with Crippen molar-refractivity contribution in [1.82, 2.24) is 10.2 Å². The molecule has 1 rings (SSSR count). The molecule has 7 heteroatoms. The predicted octanol–water partition coefficient (Wildman–Crippen LogP) is 2.50. The summed E-state index contributed by atoms with van der Waals surface area (Å²) in [6.45, 7) is 5.63. The number of carbonyl (C=O) groups is 1. The third kappa shape index (κ3) is 5.57. The Morgan fingerprint density at radius 3 is 2.44 bits per heavy atom. The third-order valence-electron chi connectivity index (χ3n) is 2.44. The van der Waals surface area contributed by atoms with E-state index in [1.54, 1.807) is 26.1 Å². The Morgan fingerprint density at radius 1 is 1.33 bits per heavy atom. The Kier molecular flexibility index (Phi) is 4.47. The highest BCUT2D eigenvalue weighted by atomic mass is 19.4. The molecule has 1 atom stereocenters. The maximum atomic E-state index is 12.2. The molecule has 0 bridgehead atoms. The second kappa shape index (κ2) is 5.34. The Balaban J connectivity index is 2.51. The minimum absolute atomic E-state index is 0.0222. The van der Waals surface area contributed by atoms with E-state index in [9.17, 15) is 18.0 Å². The van der Waals surface area contributed by atoms with E-state index in [1.807, 2.05) is 0 Å². The van der Waals surface area contributed by atoms with Gasteiger partial charge in [-0.2, -0.15) is 13.2 Å². The van der Waals surface area contributed by atoms with Crippen LogP contribution in [0.1, 0.15) is 33.6 Å². The average molecular weight is 268 g/mol. The van der Waals surface area contributed by atoms with Gasteiger partial charge in [0.2, 0.25) is 0 Å². The number of carbonyl (C=O) groups excluding carboxylic acids is 1. The number of hydrogen-bond acceptors (Lipinski definition) is 3. The maximum Gasteiger partial charge on any atom is 0.457 e. The number of alkyl halides is 3. The van der Waals surface area contributed by atoms with Gasteiger partial charge in [0.25, 0.3) is 0 Å². The summed E-state index contributed by atoms with van der Waals surface area (Å²) in [6, 6.07) is -0.758. The van der Waals surface area contributed by atoms with E-state index in [4.69, 9.17) is 4.74 Å². The van der Waals surface area contributed by atoms with Crippen LogP contribution in [0.4, 0.5) is 18.0 Å². The third-order valence-corrected chi connectivity index (χ3v) is 2.44. The van der Waals surface area contributed by atoms with Crippen LogP contribution in [-0.4, -0.2) is 42.0 Å². The van der Waals surface area contributed by atoms with Crippen LogP contribution >= 0.6 is 0 Å². The molecular formula is C11H19F3N2O2. The summed E-state index contributed by atoms with van der Waals surface area (Å²) in [7, 11) is 0. The van der Waals surface area contributed by atoms with Crippen LogP contribution in [0.15, 0.2) is 0 Å². The van der Waals surface area contributed by atoms with Crippen LogP contribution in [0.25, 0.3) is 0 Å².